The number of hydrogen-bond acceptors (Lipinski definition) is 5. The summed E-state index contributed by atoms with van der Waals surface area (Å²) in [5.74, 6) is -0.879. The molecule has 0 saturated carbocycles. The van der Waals surface area contributed by atoms with Crippen molar-refractivity contribution in [2.45, 2.75) is 42.8 Å². The summed E-state index contributed by atoms with van der Waals surface area (Å²) in [7, 11) is -7.38. The Bertz CT molecular complexity index is 1310. The zero-order valence-electron chi connectivity index (χ0n) is 19.4. The maximum Gasteiger partial charge on any atom is 0.258 e. The first-order valence-electron chi connectivity index (χ1n) is 11.1. The zero-order chi connectivity index (χ0) is 25.9. The van der Waals surface area contributed by atoms with Crippen LogP contribution in [0.25, 0.3) is 11.1 Å². The molecule has 1 aliphatic rings. The molecule has 0 radical (unpaired) electrons. The quantitative estimate of drug-likeness (QED) is 0.544. The summed E-state index contributed by atoms with van der Waals surface area (Å²) in [6, 6.07) is 12.8. The number of alkyl halides is 1. The predicted molar refractivity (Wildman–Crippen MR) is 135 cm³/mol. The summed E-state index contributed by atoms with van der Waals surface area (Å²) >= 11 is 6.13. The molecule has 3 rings (SSSR count). The van der Waals surface area contributed by atoms with Gasteiger partial charge in [0.05, 0.1) is 4.90 Å². The average Bonchev–Trinajstić information content (AvgIpc) is 2.81. The van der Waals surface area contributed by atoms with Gasteiger partial charge in [-0.05, 0) is 30.2 Å². The molecule has 0 spiro atoms. The molecule has 1 amide bonds. The highest BCUT2D eigenvalue weighted by Crippen LogP contribution is 2.35. The second-order valence-corrected chi connectivity index (χ2v) is 12.8. The van der Waals surface area contributed by atoms with Crippen LogP contribution in [-0.4, -0.2) is 58.1 Å². The molecule has 1 fully saturated rings. The third-order valence-electron chi connectivity index (χ3n) is 5.88. The van der Waals surface area contributed by atoms with E-state index in [2.05, 4.69) is 5.32 Å². The highest BCUT2D eigenvalue weighted by molar-refractivity contribution is 7.93. The van der Waals surface area contributed by atoms with Gasteiger partial charge in [0.2, 0.25) is 10.0 Å². The minimum Gasteiger partial charge on any atom is -0.347 e. The molecule has 1 N–H and O–H groups in total. The number of sulfone groups is 1. The van der Waals surface area contributed by atoms with Gasteiger partial charge >= 0.3 is 0 Å². The van der Waals surface area contributed by atoms with Crippen molar-refractivity contribution in [3.8, 4) is 11.1 Å². The molecule has 11 heteroatoms. The van der Waals surface area contributed by atoms with Crippen molar-refractivity contribution in [2.75, 3.05) is 19.3 Å². The summed E-state index contributed by atoms with van der Waals surface area (Å²) < 4.78 is 66.3. The standard InChI is InChI=1S/C24H28ClFN2O5S2/c1-3-20(11-16-34(2,30)31)27-23(29)24(26)12-14-28(15-13-24)35(32,33)22-10-9-19(25)17-21(22)18-7-5-4-6-8-18/h4-11,16-17,20H,3,12-15H2,1-2H3,(H,27,29)/b16-11-/t20-/m0/s1. The van der Waals surface area contributed by atoms with Gasteiger partial charge in [0, 0.05) is 54.2 Å². The van der Waals surface area contributed by atoms with Crippen molar-refractivity contribution in [3.63, 3.8) is 0 Å². The molecule has 1 atom stereocenters. The molecular formula is C24H28ClFN2O5S2. The van der Waals surface area contributed by atoms with Gasteiger partial charge < -0.3 is 5.32 Å². The summed E-state index contributed by atoms with van der Waals surface area (Å²) in [5.41, 5.74) is -1.14. The third kappa shape index (κ3) is 6.69. The first kappa shape index (κ1) is 27.3. The van der Waals surface area contributed by atoms with E-state index in [0.717, 1.165) is 11.7 Å². The molecule has 190 valence electrons. The maximum atomic E-state index is 15.5. The van der Waals surface area contributed by atoms with E-state index in [-0.39, 0.29) is 30.8 Å². The van der Waals surface area contributed by atoms with E-state index in [1.165, 1.54) is 22.5 Å². The number of carbonyl (C=O) groups excluding carboxylic acids is 1. The van der Waals surface area contributed by atoms with E-state index in [1.54, 1.807) is 37.3 Å². The van der Waals surface area contributed by atoms with Crippen molar-refractivity contribution in [1.82, 2.24) is 9.62 Å². The van der Waals surface area contributed by atoms with Gasteiger partial charge in [0.1, 0.15) is 0 Å². The number of halogens is 2. The van der Waals surface area contributed by atoms with Gasteiger partial charge in [-0.25, -0.2) is 21.2 Å². The summed E-state index contributed by atoms with van der Waals surface area (Å²) in [5, 5.41) is 3.88. The molecule has 0 aliphatic carbocycles. The first-order valence-corrected chi connectivity index (χ1v) is 14.9. The number of piperidine rings is 1. The lowest BCUT2D eigenvalue weighted by atomic mass is 9.93. The molecule has 1 saturated heterocycles. The Hall–Kier alpha value is -2.27. The van der Waals surface area contributed by atoms with Gasteiger partial charge in [-0.1, -0.05) is 54.9 Å². The highest BCUT2D eigenvalue weighted by Gasteiger charge is 2.45. The molecule has 2 aromatic carbocycles. The van der Waals surface area contributed by atoms with Gasteiger partial charge in [-0.2, -0.15) is 4.31 Å². The number of carbonyl (C=O) groups is 1. The van der Waals surface area contributed by atoms with Crippen molar-refractivity contribution < 1.29 is 26.0 Å². The van der Waals surface area contributed by atoms with Crippen molar-refractivity contribution in [1.29, 1.82) is 0 Å². The number of amides is 1. The Balaban J connectivity index is 1.77. The second kappa shape index (κ2) is 10.8. The van der Waals surface area contributed by atoms with Crippen molar-refractivity contribution in [3.05, 3.63) is 65.0 Å². The minimum absolute atomic E-state index is 0.0564. The third-order valence-corrected chi connectivity index (χ3v) is 8.72. The minimum atomic E-state index is -3.99. The number of hydrogen-bond donors (Lipinski definition) is 1. The zero-order valence-corrected chi connectivity index (χ0v) is 21.8. The Kier molecular flexibility index (Phi) is 8.41. The van der Waals surface area contributed by atoms with Gasteiger partial charge in [-0.3, -0.25) is 4.79 Å². The van der Waals surface area contributed by atoms with E-state index < -0.39 is 37.5 Å². The smallest absolute Gasteiger partial charge is 0.258 e. The molecule has 0 aromatic heterocycles. The molecule has 0 bridgehead atoms. The maximum absolute atomic E-state index is 15.5. The fourth-order valence-corrected chi connectivity index (χ4v) is 6.12. The van der Waals surface area contributed by atoms with Gasteiger partial charge in [0.15, 0.2) is 15.5 Å². The Morgan fingerprint density at radius 3 is 2.34 bits per heavy atom. The number of benzene rings is 2. The van der Waals surface area contributed by atoms with Crippen LogP contribution in [0.4, 0.5) is 4.39 Å². The first-order chi connectivity index (χ1) is 16.4. The topological polar surface area (TPSA) is 101 Å². The Morgan fingerprint density at radius 1 is 1.14 bits per heavy atom. The van der Waals surface area contributed by atoms with Crippen LogP contribution in [-0.2, 0) is 24.7 Å². The van der Waals surface area contributed by atoms with E-state index in [9.17, 15) is 21.6 Å². The van der Waals surface area contributed by atoms with Crippen LogP contribution in [0.3, 0.4) is 0 Å². The van der Waals surface area contributed by atoms with Crippen LogP contribution in [0.2, 0.25) is 5.02 Å². The summed E-state index contributed by atoms with van der Waals surface area (Å²) in [4.78, 5) is 12.7. The Morgan fingerprint density at radius 2 is 1.77 bits per heavy atom. The number of nitrogens with zero attached hydrogens (tertiary/aromatic N) is 1. The molecular weight excluding hydrogens is 515 g/mol. The monoisotopic (exact) mass is 542 g/mol. The van der Waals surface area contributed by atoms with Crippen LogP contribution in [0.1, 0.15) is 26.2 Å². The van der Waals surface area contributed by atoms with E-state index in [0.29, 0.717) is 22.6 Å². The SMILES string of the molecule is CC[C@@H](/C=C\S(C)(=O)=O)NC(=O)C1(F)CCN(S(=O)(=O)c2ccc(Cl)cc2-c2ccccc2)CC1. The number of rotatable bonds is 8. The molecule has 35 heavy (non-hydrogen) atoms. The lowest BCUT2D eigenvalue weighted by Crippen LogP contribution is -2.53. The molecule has 0 unspecified atom stereocenters. The van der Waals surface area contributed by atoms with E-state index in [4.69, 9.17) is 11.6 Å². The molecule has 7 nitrogen and oxygen atoms in total. The van der Waals surface area contributed by atoms with Crippen LogP contribution >= 0.6 is 11.6 Å². The van der Waals surface area contributed by atoms with Crippen LogP contribution < -0.4 is 5.32 Å². The molecule has 1 heterocycles. The van der Waals surface area contributed by atoms with Crippen LogP contribution in [0, 0.1) is 0 Å². The molecule has 1 aliphatic heterocycles. The largest absolute Gasteiger partial charge is 0.347 e. The van der Waals surface area contributed by atoms with E-state index >= 15 is 4.39 Å². The lowest BCUT2D eigenvalue weighted by Gasteiger charge is -2.35. The summed E-state index contributed by atoms with van der Waals surface area (Å²) in [6.07, 6.45) is 2.06. The average molecular weight is 543 g/mol. The second-order valence-electron chi connectivity index (χ2n) is 8.52. The van der Waals surface area contributed by atoms with Crippen molar-refractivity contribution in [2.24, 2.45) is 0 Å². The fraction of sp³-hybridized carbons (Fsp3) is 0.375. The summed E-state index contributed by atoms with van der Waals surface area (Å²) in [6.45, 7) is 1.37. The van der Waals surface area contributed by atoms with Crippen LogP contribution in [0.15, 0.2) is 64.9 Å². The normalized spacial score (nSPS) is 17.8. The number of nitrogens with one attached hydrogen (secondary N) is 1. The molecule has 2 aromatic rings. The highest BCUT2D eigenvalue weighted by atomic mass is 35.5. The van der Waals surface area contributed by atoms with Crippen molar-refractivity contribution >= 4 is 37.4 Å². The number of sulfonamides is 1. The Labute approximate surface area is 210 Å². The van der Waals surface area contributed by atoms with E-state index in [1.807, 2.05) is 6.07 Å². The van der Waals surface area contributed by atoms with Gasteiger partial charge in [-0.15, -0.1) is 0 Å². The lowest BCUT2D eigenvalue weighted by molar-refractivity contribution is -0.135. The van der Waals surface area contributed by atoms with Gasteiger partial charge in [0.25, 0.3) is 5.91 Å². The fourth-order valence-electron chi connectivity index (χ4n) is 3.84. The predicted octanol–water partition coefficient (Wildman–Crippen LogP) is 3.95. The van der Waals surface area contributed by atoms with Crippen LogP contribution in [0.5, 0.6) is 0 Å².